The summed E-state index contributed by atoms with van der Waals surface area (Å²) in [6, 6.07) is 9.92. The first-order valence-electron chi connectivity index (χ1n) is 7.87. The molecule has 1 amide bonds. The van der Waals surface area contributed by atoms with Gasteiger partial charge in [-0.05, 0) is 49.1 Å². The van der Waals surface area contributed by atoms with E-state index in [1.54, 1.807) is 17.5 Å². The zero-order chi connectivity index (χ0) is 15.6. The van der Waals surface area contributed by atoms with Gasteiger partial charge in [-0.25, -0.2) is 4.98 Å². The Morgan fingerprint density at radius 3 is 3.09 bits per heavy atom. The Balaban J connectivity index is 1.67. The zero-order valence-electron chi connectivity index (χ0n) is 12.7. The van der Waals surface area contributed by atoms with Crippen molar-refractivity contribution in [3.63, 3.8) is 0 Å². The summed E-state index contributed by atoms with van der Waals surface area (Å²) in [5.74, 6) is 0.105. The molecule has 1 fully saturated rings. The van der Waals surface area contributed by atoms with Crippen molar-refractivity contribution >= 4 is 27.5 Å². The normalized spacial score (nSPS) is 18.3. The van der Waals surface area contributed by atoms with E-state index in [-0.39, 0.29) is 11.9 Å². The first kappa shape index (κ1) is 14.3. The van der Waals surface area contributed by atoms with E-state index >= 15 is 0 Å². The minimum Gasteiger partial charge on any atom is -0.332 e. The van der Waals surface area contributed by atoms with Crippen molar-refractivity contribution in [1.82, 2.24) is 14.9 Å². The lowest BCUT2D eigenvalue weighted by Crippen LogP contribution is -2.38. The smallest absolute Gasteiger partial charge is 0.254 e. The van der Waals surface area contributed by atoms with Crippen LogP contribution in [0.15, 0.2) is 48.2 Å². The third-order valence-corrected chi connectivity index (χ3v) is 5.20. The Kier molecular flexibility index (Phi) is 3.79. The average Bonchev–Trinajstić information content (AvgIpc) is 3.09. The Hall–Kier alpha value is -2.27. The van der Waals surface area contributed by atoms with Crippen LogP contribution in [0.25, 0.3) is 10.2 Å². The summed E-state index contributed by atoms with van der Waals surface area (Å²) in [4.78, 5) is 23.5. The maximum Gasteiger partial charge on any atom is 0.254 e. The van der Waals surface area contributed by atoms with Gasteiger partial charge in [0.05, 0.1) is 21.8 Å². The van der Waals surface area contributed by atoms with Crippen LogP contribution in [0.3, 0.4) is 0 Å². The molecule has 0 aliphatic carbocycles. The molecule has 23 heavy (non-hydrogen) atoms. The van der Waals surface area contributed by atoms with Gasteiger partial charge in [0.15, 0.2) is 0 Å². The number of benzene rings is 1. The zero-order valence-corrected chi connectivity index (χ0v) is 13.5. The van der Waals surface area contributed by atoms with Crippen LogP contribution >= 0.6 is 11.3 Å². The van der Waals surface area contributed by atoms with Gasteiger partial charge in [-0.1, -0.05) is 6.07 Å². The summed E-state index contributed by atoms with van der Waals surface area (Å²) >= 11 is 1.57. The topological polar surface area (TPSA) is 46.1 Å². The highest BCUT2D eigenvalue weighted by Gasteiger charge is 2.28. The number of likely N-dealkylation sites (tertiary alicyclic amines) is 1. The van der Waals surface area contributed by atoms with Crippen LogP contribution < -0.4 is 0 Å². The second kappa shape index (κ2) is 6.08. The third-order valence-electron chi connectivity index (χ3n) is 4.41. The Bertz CT molecular complexity index is 830. The van der Waals surface area contributed by atoms with Gasteiger partial charge in [-0.3, -0.25) is 9.78 Å². The first-order valence-corrected chi connectivity index (χ1v) is 8.75. The summed E-state index contributed by atoms with van der Waals surface area (Å²) < 4.78 is 1.06. The van der Waals surface area contributed by atoms with Crippen LogP contribution in [-0.4, -0.2) is 27.3 Å². The summed E-state index contributed by atoms with van der Waals surface area (Å²) in [6.07, 6.45) is 6.86. The molecule has 0 radical (unpaired) electrons. The molecule has 1 atom stereocenters. The predicted octanol–water partition coefficient (Wildman–Crippen LogP) is 4.06. The number of hydrogen-bond acceptors (Lipinski definition) is 4. The van der Waals surface area contributed by atoms with Crippen LogP contribution in [0.1, 0.15) is 41.2 Å². The number of carbonyl (C=O) groups is 1. The van der Waals surface area contributed by atoms with E-state index < -0.39 is 0 Å². The van der Waals surface area contributed by atoms with Crippen molar-refractivity contribution in [2.45, 2.75) is 25.3 Å². The van der Waals surface area contributed by atoms with Crippen molar-refractivity contribution in [3.8, 4) is 0 Å². The molecule has 4 rings (SSSR count). The third kappa shape index (κ3) is 2.72. The van der Waals surface area contributed by atoms with Gasteiger partial charge >= 0.3 is 0 Å². The molecular weight excluding hydrogens is 306 g/mol. The molecule has 3 heterocycles. The number of nitrogens with zero attached hydrogens (tertiary/aromatic N) is 3. The SMILES string of the molecule is O=C(c1ccc2ncsc2c1)N1CCCC[C@@H]1c1cccnc1. The van der Waals surface area contributed by atoms with Crippen LogP contribution in [0.4, 0.5) is 0 Å². The van der Waals surface area contributed by atoms with Gasteiger partial charge in [0.25, 0.3) is 5.91 Å². The molecule has 4 nitrogen and oxygen atoms in total. The first-order chi connectivity index (χ1) is 11.3. The average molecular weight is 323 g/mol. The highest BCUT2D eigenvalue weighted by atomic mass is 32.1. The molecule has 116 valence electrons. The van der Waals surface area contributed by atoms with E-state index in [1.807, 2.05) is 40.9 Å². The number of pyridine rings is 1. The number of fused-ring (bicyclic) bond motifs is 1. The lowest BCUT2D eigenvalue weighted by atomic mass is 9.95. The van der Waals surface area contributed by atoms with Gasteiger partial charge in [0, 0.05) is 24.5 Å². The van der Waals surface area contributed by atoms with Gasteiger partial charge in [0.1, 0.15) is 0 Å². The van der Waals surface area contributed by atoms with Crippen LogP contribution in [0.5, 0.6) is 0 Å². The number of hydrogen-bond donors (Lipinski definition) is 0. The molecule has 0 saturated carbocycles. The number of amides is 1. The number of thiazole rings is 1. The van der Waals surface area contributed by atoms with Gasteiger partial charge in [-0.15, -0.1) is 11.3 Å². The molecule has 0 unspecified atom stereocenters. The van der Waals surface area contributed by atoms with E-state index in [2.05, 4.69) is 16.0 Å². The number of rotatable bonds is 2. The molecule has 0 spiro atoms. The fourth-order valence-electron chi connectivity index (χ4n) is 3.25. The molecule has 0 bridgehead atoms. The predicted molar refractivity (Wildman–Crippen MR) is 91.5 cm³/mol. The summed E-state index contributed by atoms with van der Waals surface area (Å²) in [6.45, 7) is 0.805. The number of aromatic nitrogens is 2. The van der Waals surface area contributed by atoms with Crippen LogP contribution in [0, 0.1) is 0 Å². The van der Waals surface area contributed by atoms with E-state index in [4.69, 9.17) is 0 Å². The summed E-state index contributed by atoms with van der Waals surface area (Å²) in [5, 5.41) is 0. The lowest BCUT2D eigenvalue weighted by Gasteiger charge is -2.36. The largest absolute Gasteiger partial charge is 0.332 e. The number of carbonyl (C=O) groups excluding carboxylic acids is 1. The highest BCUT2D eigenvalue weighted by Crippen LogP contribution is 2.32. The van der Waals surface area contributed by atoms with Crippen molar-refractivity contribution in [2.24, 2.45) is 0 Å². The van der Waals surface area contributed by atoms with Crippen molar-refractivity contribution in [2.75, 3.05) is 6.54 Å². The van der Waals surface area contributed by atoms with Crippen molar-refractivity contribution < 1.29 is 4.79 Å². The van der Waals surface area contributed by atoms with Gasteiger partial charge in [-0.2, -0.15) is 0 Å². The molecule has 2 aromatic heterocycles. The monoisotopic (exact) mass is 323 g/mol. The molecule has 3 aromatic rings. The molecule has 1 aromatic carbocycles. The van der Waals surface area contributed by atoms with E-state index in [0.29, 0.717) is 0 Å². The van der Waals surface area contributed by atoms with Crippen LogP contribution in [0.2, 0.25) is 0 Å². The number of piperidine rings is 1. The molecule has 5 heteroatoms. The maximum atomic E-state index is 13.0. The van der Waals surface area contributed by atoms with Crippen LogP contribution in [-0.2, 0) is 0 Å². The Morgan fingerprint density at radius 2 is 2.22 bits per heavy atom. The van der Waals surface area contributed by atoms with E-state index in [0.717, 1.165) is 47.2 Å². The standard InChI is InChI=1S/C18H17N3OS/c22-18(13-6-7-15-17(10-13)23-12-20-15)21-9-2-1-5-16(21)14-4-3-8-19-11-14/h3-4,6-8,10-12,16H,1-2,5,9H2/t16-/m1/s1. The summed E-state index contributed by atoms with van der Waals surface area (Å²) in [7, 11) is 0. The van der Waals surface area contributed by atoms with Crippen molar-refractivity contribution in [1.29, 1.82) is 0 Å². The molecule has 1 aliphatic heterocycles. The molecule has 0 N–H and O–H groups in total. The molecular formula is C18H17N3OS. The fourth-order valence-corrected chi connectivity index (χ4v) is 3.96. The summed E-state index contributed by atoms with van der Waals surface area (Å²) in [5.41, 5.74) is 4.64. The lowest BCUT2D eigenvalue weighted by molar-refractivity contribution is 0.0611. The van der Waals surface area contributed by atoms with E-state index in [1.165, 1.54) is 0 Å². The van der Waals surface area contributed by atoms with Gasteiger partial charge in [0.2, 0.25) is 0 Å². The second-order valence-corrected chi connectivity index (χ2v) is 6.72. The maximum absolute atomic E-state index is 13.0. The minimum atomic E-state index is 0.105. The fraction of sp³-hybridized carbons (Fsp3) is 0.278. The Labute approximate surface area is 138 Å². The minimum absolute atomic E-state index is 0.105. The second-order valence-electron chi connectivity index (χ2n) is 5.83. The highest BCUT2D eigenvalue weighted by molar-refractivity contribution is 7.16. The Morgan fingerprint density at radius 1 is 1.26 bits per heavy atom. The molecule has 1 aliphatic rings. The molecule has 1 saturated heterocycles. The van der Waals surface area contributed by atoms with Gasteiger partial charge < -0.3 is 4.90 Å². The quantitative estimate of drug-likeness (QED) is 0.714. The van der Waals surface area contributed by atoms with E-state index in [9.17, 15) is 4.79 Å². The van der Waals surface area contributed by atoms with Crippen molar-refractivity contribution in [3.05, 3.63) is 59.4 Å².